The van der Waals surface area contributed by atoms with Crippen LogP contribution in [0, 0.1) is 11.8 Å². The summed E-state index contributed by atoms with van der Waals surface area (Å²) in [7, 11) is 0. The van der Waals surface area contributed by atoms with Gasteiger partial charge in [0.05, 0.1) is 26.4 Å². The van der Waals surface area contributed by atoms with Crippen LogP contribution in [0.3, 0.4) is 0 Å². The Morgan fingerprint density at radius 2 is 1.22 bits per heavy atom. The Balaban J connectivity index is 1.48. The van der Waals surface area contributed by atoms with Crippen molar-refractivity contribution in [3.8, 4) is 11.8 Å². The molecule has 4 atom stereocenters. The van der Waals surface area contributed by atoms with E-state index in [4.69, 9.17) is 18.9 Å². The number of rotatable bonds is 12. The van der Waals surface area contributed by atoms with Gasteiger partial charge >= 0.3 is 0 Å². The van der Waals surface area contributed by atoms with Gasteiger partial charge < -0.3 is 18.9 Å². The molecular formula is C32H36O4. The predicted octanol–water partition coefficient (Wildman–Crippen LogP) is 6.34. The van der Waals surface area contributed by atoms with Gasteiger partial charge in [-0.25, -0.2) is 0 Å². The van der Waals surface area contributed by atoms with Crippen LogP contribution in [0.25, 0.3) is 0 Å². The van der Waals surface area contributed by atoms with Crippen LogP contribution in [0.15, 0.2) is 91.0 Å². The van der Waals surface area contributed by atoms with Gasteiger partial charge in [-0.3, -0.25) is 0 Å². The highest BCUT2D eigenvalue weighted by Crippen LogP contribution is 2.29. The van der Waals surface area contributed by atoms with Crippen LogP contribution in [-0.4, -0.2) is 31.0 Å². The van der Waals surface area contributed by atoms with Crippen LogP contribution in [-0.2, 0) is 38.8 Å². The Hall–Kier alpha value is -2.94. The molecule has 3 aromatic carbocycles. The van der Waals surface area contributed by atoms with Gasteiger partial charge in [0.2, 0.25) is 0 Å². The lowest BCUT2D eigenvalue weighted by Crippen LogP contribution is -2.38. The first-order chi connectivity index (χ1) is 17.8. The van der Waals surface area contributed by atoms with E-state index in [0.717, 1.165) is 36.0 Å². The first-order valence-corrected chi connectivity index (χ1v) is 12.9. The fourth-order valence-electron chi connectivity index (χ4n) is 4.20. The van der Waals surface area contributed by atoms with Gasteiger partial charge in [0.15, 0.2) is 0 Å². The van der Waals surface area contributed by atoms with Crippen molar-refractivity contribution in [2.45, 2.75) is 70.4 Å². The van der Waals surface area contributed by atoms with Gasteiger partial charge in [-0.2, -0.15) is 0 Å². The third kappa shape index (κ3) is 8.05. The molecule has 0 saturated carbocycles. The van der Waals surface area contributed by atoms with Crippen molar-refractivity contribution >= 4 is 0 Å². The summed E-state index contributed by atoms with van der Waals surface area (Å²) in [5.41, 5.74) is 3.35. The van der Waals surface area contributed by atoms with Crippen LogP contribution in [0.1, 0.15) is 42.9 Å². The highest BCUT2D eigenvalue weighted by atomic mass is 16.6. The smallest absolute Gasteiger partial charge is 0.147 e. The zero-order valence-electron chi connectivity index (χ0n) is 21.1. The van der Waals surface area contributed by atoms with Crippen LogP contribution >= 0.6 is 0 Å². The molecule has 3 aromatic rings. The summed E-state index contributed by atoms with van der Waals surface area (Å²) in [6, 6.07) is 30.6. The maximum absolute atomic E-state index is 6.47. The van der Waals surface area contributed by atoms with Gasteiger partial charge in [-0.05, 0) is 23.1 Å². The summed E-state index contributed by atoms with van der Waals surface area (Å²) in [6.45, 7) is 4.06. The van der Waals surface area contributed by atoms with Crippen molar-refractivity contribution in [3.63, 3.8) is 0 Å². The summed E-state index contributed by atoms with van der Waals surface area (Å²) in [4.78, 5) is 0. The average Bonchev–Trinajstić information content (AvgIpc) is 3.26. The number of hydrogen-bond donors (Lipinski definition) is 0. The van der Waals surface area contributed by atoms with Crippen molar-refractivity contribution in [1.29, 1.82) is 0 Å². The molecule has 1 aliphatic rings. The summed E-state index contributed by atoms with van der Waals surface area (Å²) in [6.07, 6.45) is 1.80. The molecule has 1 fully saturated rings. The summed E-state index contributed by atoms with van der Waals surface area (Å²) < 4.78 is 25.4. The van der Waals surface area contributed by atoms with Crippen LogP contribution in [0.4, 0.5) is 0 Å². The lowest BCUT2D eigenvalue weighted by atomic mass is 10.1. The van der Waals surface area contributed by atoms with E-state index in [1.54, 1.807) is 0 Å². The molecule has 1 heterocycles. The van der Waals surface area contributed by atoms with Crippen LogP contribution in [0.2, 0.25) is 0 Å². The molecule has 188 valence electrons. The Morgan fingerprint density at radius 1 is 0.694 bits per heavy atom. The standard InChI is InChI=1S/C32H36O4/c1-2-3-4-14-21-29-31(34-23-27-17-10-6-11-18-27)32(35-24-28-19-12-7-13-20-28)30(36-29)25-33-22-26-15-8-5-9-16-26/h5-13,15-20,29-32H,2-4,22-25H2,1H3/t29-,30+,31-,32+/m0/s1. The van der Waals surface area contributed by atoms with Crippen molar-refractivity contribution in [2.24, 2.45) is 0 Å². The first kappa shape index (κ1) is 26.1. The number of benzene rings is 3. The zero-order chi connectivity index (χ0) is 24.8. The lowest BCUT2D eigenvalue weighted by Gasteiger charge is -2.24. The fourth-order valence-corrected chi connectivity index (χ4v) is 4.20. The van der Waals surface area contributed by atoms with Gasteiger partial charge in [0.25, 0.3) is 0 Å². The van der Waals surface area contributed by atoms with Crippen molar-refractivity contribution < 1.29 is 18.9 Å². The monoisotopic (exact) mass is 484 g/mol. The fraction of sp³-hybridized carbons (Fsp3) is 0.375. The first-order valence-electron chi connectivity index (χ1n) is 12.9. The van der Waals surface area contributed by atoms with E-state index in [2.05, 4.69) is 55.2 Å². The number of ether oxygens (including phenoxy) is 4. The Bertz CT molecular complexity index is 1060. The average molecular weight is 485 g/mol. The molecule has 0 amide bonds. The second-order valence-electron chi connectivity index (χ2n) is 9.04. The summed E-state index contributed by atoms with van der Waals surface area (Å²) in [5.74, 6) is 6.64. The SMILES string of the molecule is CCCCC#C[C@@H]1O[C@H](COCc2ccccc2)[C@@H](OCc2ccccc2)[C@H]1OCc1ccccc1. The second-order valence-corrected chi connectivity index (χ2v) is 9.04. The van der Waals surface area contributed by atoms with Gasteiger partial charge in [0.1, 0.15) is 24.4 Å². The van der Waals surface area contributed by atoms with Gasteiger partial charge in [0, 0.05) is 6.42 Å². The maximum atomic E-state index is 6.47. The highest BCUT2D eigenvalue weighted by Gasteiger charge is 2.46. The molecule has 0 unspecified atom stereocenters. The molecule has 0 radical (unpaired) electrons. The summed E-state index contributed by atoms with van der Waals surface area (Å²) >= 11 is 0. The molecule has 0 bridgehead atoms. The van der Waals surface area contributed by atoms with Gasteiger partial charge in [-0.1, -0.05) is 110 Å². The minimum atomic E-state index is -0.364. The molecule has 1 saturated heterocycles. The second kappa shape index (κ2) is 14.6. The topological polar surface area (TPSA) is 36.9 Å². The Morgan fingerprint density at radius 3 is 1.78 bits per heavy atom. The molecule has 36 heavy (non-hydrogen) atoms. The van der Waals surface area contributed by atoms with E-state index >= 15 is 0 Å². The van der Waals surface area contributed by atoms with Crippen molar-refractivity contribution in [3.05, 3.63) is 108 Å². The van der Waals surface area contributed by atoms with Crippen molar-refractivity contribution in [1.82, 2.24) is 0 Å². The predicted molar refractivity (Wildman–Crippen MR) is 142 cm³/mol. The largest absolute Gasteiger partial charge is 0.374 e. The van der Waals surface area contributed by atoms with Crippen LogP contribution in [0.5, 0.6) is 0 Å². The normalized spacial score (nSPS) is 21.1. The Labute approximate surface area is 215 Å². The lowest BCUT2D eigenvalue weighted by molar-refractivity contribution is -0.0896. The quantitative estimate of drug-likeness (QED) is 0.222. The number of unbranched alkanes of at least 4 members (excludes halogenated alkanes) is 2. The van der Waals surface area contributed by atoms with E-state index in [9.17, 15) is 0 Å². The highest BCUT2D eigenvalue weighted by molar-refractivity contribution is 5.17. The van der Waals surface area contributed by atoms with Gasteiger partial charge in [-0.15, -0.1) is 5.92 Å². The van der Waals surface area contributed by atoms with E-state index < -0.39 is 0 Å². The summed E-state index contributed by atoms with van der Waals surface area (Å²) in [5, 5.41) is 0. The van der Waals surface area contributed by atoms with E-state index in [1.165, 1.54) is 0 Å². The molecule has 4 heteroatoms. The Kier molecular flexibility index (Phi) is 10.6. The molecule has 4 rings (SSSR count). The molecule has 0 spiro atoms. The van der Waals surface area contributed by atoms with Crippen LogP contribution < -0.4 is 0 Å². The molecule has 0 aromatic heterocycles. The third-order valence-electron chi connectivity index (χ3n) is 6.17. The minimum absolute atomic E-state index is 0.274. The maximum Gasteiger partial charge on any atom is 0.147 e. The third-order valence-corrected chi connectivity index (χ3v) is 6.17. The van der Waals surface area contributed by atoms with E-state index in [1.807, 2.05) is 54.6 Å². The number of hydrogen-bond acceptors (Lipinski definition) is 4. The minimum Gasteiger partial charge on any atom is -0.374 e. The zero-order valence-corrected chi connectivity index (χ0v) is 21.1. The molecule has 1 aliphatic heterocycles. The molecule has 0 aliphatic carbocycles. The molecule has 4 nitrogen and oxygen atoms in total. The molecular weight excluding hydrogens is 448 g/mol. The molecule has 0 N–H and O–H groups in total. The van der Waals surface area contributed by atoms with E-state index in [-0.39, 0.29) is 24.4 Å². The van der Waals surface area contributed by atoms with Crippen molar-refractivity contribution in [2.75, 3.05) is 6.61 Å². The van der Waals surface area contributed by atoms with E-state index in [0.29, 0.717) is 26.4 Å².